The van der Waals surface area contributed by atoms with E-state index < -0.39 is 6.10 Å². The van der Waals surface area contributed by atoms with E-state index in [9.17, 15) is 9.90 Å². The number of fused-ring (bicyclic) bond motifs is 1. The van der Waals surface area contributed by atoms with E-state index >= 15 is 0 Å². The molecular weight excluding hydrogens is 266 g/mol. The minimum atomic E-state index is -0.756. The molecule has 0 saturated carbocycles. The van der Waals surface area contributed by atoms with Crippen molar-refractivity contribution in [3.63, 3.8) is 0 Å². The average Bonchev–Trinajstić information content (AvgIpc) is 3.06. The van der Waals surface area contributed by atoms with E-state index in [1.54, 1.807) is 12.1 Å². The first-order valence-corrected chi connectivity index (χ1v) is 6.72. The number of benzene rings is 2. The maximum Gasteiger partial charge on any atom is 0.287 e. The predicted octanol–water partition coefficient (Wildman–Crippen LogP) is 2.90. The number of hydrogen-bond donors (Lipinski definition) is 2. The molecule has 0 spiro atoms. The van der Waals surface area contributed by atoms with Crippen LogP contribution < -0.4 is 5.32 Å². The van der Waals surface area contributed by atoms with Crippen molar-refractivity contribution >= 4 is 16.7 Å². The molecule has 0 aliphatic rings. The predicted molar refractivity (Wildman–Crippen MR) is 79.9 cm³/mol. The first-order chi connectivity index (χ1) is 10.2. The van der Waals surface area contributed by atoms with Crippen LogP contribution >= 0.6 is 0 Å². The Hall–Kier alpha value is -2.59. The maximum atomic E-state index is 11.7. The van der Waals surface area contributed by atoms with Crippen molar-refractivity contribution in [1.29, 1.82) is 0 Å². The molecule has 0 aliphatic carbocycles. The molecule has 0 saturated heterocycles. The van der Waals surface area contributed by atoms with Crippen LogP contribution in [0.2, 0.25) is 0 Å². The van der Waals surface area contributed by atoms with E-state index in [1.807, 2.05) is 42.5 Å². The number of amides is 1. The summed E-state index contributed by atoms with van der Waals surface area (Å²) in [6, 6.07) is 16.9. The van der Waals surface area contributed by atoms with E-state index in [2.05, 4.69) is 5.32 Å². The van der Waals surface area contributed by atoms with E-state index in [1.165, 1.54) is 6.26 Å². The first-order valence-electron chi connectivity index (χ1n) is 6.72. The SMILES string of the molecule is O=C(NCC(O)c1ccc2ccccc2c1)c1ccco1. The lowest BCUT2D eigenvalue weighted by molar-refractivity contribution is 0.0889. The molecule has 0 bridgehead atoms. The highest BCUT2D eigenvalue weighted by atomic mass is 16.3. The van der Waals surface area contributed by atoms with Crippen molar-refractivity contribution < 1.29 is 14.3 Å². The summed E-state index contributed by atoms with van der Waals surface area (Å²) >= 11 is 0. The quantitative estimate of drug-likeness (QED) is 0.773. The smallest absolute Gasteiger partial charge is 0.287 e. The van der Waals surface area contributed by atoms with Gasteiger partial charge in [-0.3, -0.25) is 4.79 Å². The van der Waals surface area contributed by atoms with Crippen LogP contribution in [0.5, 0.6) is 0 Å². The number of rotatable bonds is 4. The second-order valence-corrected chi connectivity index (χ2v) is 4.81. The zero-order chi connectivity index (χ0) is 14.7. The van der Waals surface area contributed by atoms with Crippen LogP contribution in [0.15, 0.2) is 65.3 Å². The van der Waals surface area contributed by atoms with Crippen LogP contribution in [-0.4, -0.2) is 17.6 Å². The number of nitrogens with one attached hydrogen (secondary N) is 1. The molecule has 4 nitrogen and oxygen atoms in total. The van der Waals surface area contributed by atoms with Gasteiger partial charge in [0.15, 0.2) is 5.76 Å². The molecule has 2 aromatic carbocycles. The number of carbonyl (C=O) groups excluding carboxylic acids is 1. The highest BCUT2D eigenvalue weighted by molar-refractivity contribution is 5.91. The summed E-state index contributed by atoms with van der Waals surface area (Å²) in [6.45, 7) is 0.137. The lowest BCUT2D eigenvalue weighted by atomic mass is 10.0. The Kier molecular flexibility index (Phi) is 3.71. The molecule has 106 valence electrons. The van der Waals surface area contributed by atoms with Crippen molar-refractivity contribution in [2.45, 2.75) is 6.10 Å². The fraction of sp³-hybridized carbons (Fsp3) is 0.118. The minimum absolute atomic E-state index is 0.137. The zero-order valence-electron chi connectivity index (χ0n) is 11.3. The standard InChI is InChI=1S/C17H15NO3/c19-15(11-18-17(20)16-6-3-9-21-16)14-8-7-12-4-1-2-5-13(12)10-14/h1-10,15,19H,11H2,(H,18,20). The van der Waals surface area contributed by atoms with Crippen molar-refractivity contribution in [3.05, 3.63) is 72.2 Å². The van der Waals surface area contributed by atoms with Gasteiger partial charge in [0, 0.05) is 6.54 Å². The van der Waals surface area contributed by atoms with Crippen LogP contribution in [0.25, 0.3) is 10.8 Å². The number of aliphatic hydroxyl groups excluding tert-OH is 1. The second-order valence-electron chi connectivity index (χ2n) is 4.81. The number of carbonyl (C=O) groups is 1. The molecule has 3 rings (SSSR count). The monoisotopic (exact) mass is 281 g/mol. The molecule has 2 N–H and O–H groups in total. The van der Waals surface area contributed by atoms with Gasteiger partial charge >= 0.3 is 0 Å². The molecule has 1 atom stereocenters. The molecule has 1 heterocycles. The molecule has 0 fully saturated rings. The molecule has 21 heavy (non-hydrogen) atoms. The van der Waals surface area contributed by atoms with Crippen molar-refractivity contribution in [2.75, 3.05) is 6.54 Å². The Bertz CT molecular complexity index is 750. The van der Waals surface area contributed by atoms with Crippen molar-refractivity contribution in [3.8, 4) is 0 Å². The highest BCUT2D eigenvalue weighted by Gasteiger charge is 2.12. The van der Waals surface area contributed by atoms with Gasteiger partial charge in [0.1, 0.15) is 0 Å². The highest BCUT2D eigenvalue weighted by Crippen LogP contribution is 2.20. The van der Waals surface area contributed by atoms with Gasteiger partial charge in [-0.25, -0.2) is 0 Å². The summed E-state index contributed by atoms with van der Waals surface area (Å²) in [7, 11) is 0. The van der Waals surface area contributed by atoms with Gasteiger partial charge in [-0.05, 0) is 34.5 Å². The topological polar surface area (TPSA) is 62.5 Å². The summed E-state index contributed by atoms with van der Waals surface area (Å²) in [4.78, 5) is 11.7. The van der Waals surface area contributed by atoms with Crippen LogP contribution in [0, 0.1) is 0 Å². The normalized spacial score (nSPS) is 12.2. The molecule has 3 aromatic rings. The fourth-order valence-electron chi connectivity index (χ4n) is 2.22. The van der Waals surface area contributed by atoms with Gasteiger partial charge in [0.25, 0.3) is 5.91 Å². The van der Waals surface area contributed by atoms with Crippen LogP contribution in [-0.2, 0) is 0 Å². The molecule has 0 aliphatic heterocycles. The summed E-state index contributed by atoms with van der Waals surface area (Å²) < 4.78 is 5.00. The Morgan fingerprint density at radius 2 is 1.90 bits per heavy atom. The number of hydrogen-bond acceptors (Lipinski definition) is 3. The zero-order valence-corrected chi connectivity index (χ0v) is 11.3. The minimum Gasteiger partial charge on any atom is -0.459 e. The fourth-order valence-corrected chi connectivity index (χ4v) is 2.22. The van der Waals surface area contributed by atoms with Gasteiger partial charge in [-0.1, -0.05) is 36.4 Å². The summed E-state index contributed by atoms with van der Waals surface area (Å²) in [6.07, 6.45) is 0.683. The average molecular weight is 281 g/mol. The van der Waals surface area contributed by atoms with Crippen LogP contribution in [0.3, 0.4) is 0 Å². The molecule has 1 unspecified atom stereocenters. The second kappa shape index (κ2) is 5.81. The van der Waals surface area contributed by atoms with Gasteiger partial charge in [0.2, 0.25) is 0 Å². The maximum absolute atomic E-state index is 11.7. The Labute approximate surface area is 122 Å². The van der Waals surface area contributed by atoms with Gasteiger partial charge in [-0.15, -0.1) is 0 Å². The van der Waals surface area contributed by atoms with E-state index in [0.29, 0.717) is 0 Å². The van der Waals surface area contributed by atoms with E-state index in [4.69, 9.17) is 4.42 Å². The first kappa shape index (κ1) is 13.4. The Balaban J connectivity index is 1.69. The summed E-state index contributed by atoms with van der Waals surface area (Å²) in [5, 5.41) is 15.0. The lowest BCUT2D eigenvalue weighted by Gasteiger charge is -2.12. The van der Waals surface area contributed by atoms with Crippen molar-refractivity contribution in [2.24, 2.45) is 0 Å². The Morgan fingerprint density at radius 3 is 2.67 bits per heavy atom. The lowest BCUT2D eigenvalue weighted by Crippen LogP contribution is -2.28. The summed E-state index contributed by atoms with van der Waals surface area (Å²) in [5.74, 6) is -0.0967. The molecule has 0 radical (unpaired) electrons. The van der Waals surface area contributed by atoms with Crippen LogP contribution in [0.1, 0.15) is 22.2 Å². The Morgan fingerprint density at radius 1 is 1.10 bits per heavy atom. The van der Waals surface area contributed by atoms with Crippen molar-refractivity contribution in [1.82, 2.24) is 5.32 Å². The number of aliphatic hydroxyl groups is 1. The van der Waals surface area contributed by atoms with Crippen LogP contribution in [0.4, 0.5) is 0 Å². The molecule has 1 amide bonds. The third kappa shape index (κ3) is 2.95. The molecular formula is C17H15NO3. The van der Waals surface area contributed by atoms with Gasteiger partial charge in [-0.2, -0.15) is 0 Å². The number of furan rings is 1. The molecule has 1 aromatic heterocycles. The molecule has 4 heteroatoms. The van der Waals surface area contributed by atoms with E-state index in [-0.39, 0.29) is 18.2 Å². The van der Waals surface area contributed by atoms with Gasteiger partial charge < -0.3 is 14.8 Å². The summed E-state index contributed by atoms with van der Waals surface area (Å²) in [5.41, 5.74) is 0.772. The largest absolute Gasteiger partial charge is 0.459 e. The third-order valence-corrected chi connectivity index (χ3v) is 3.36. The van der Waals surface area contributed by atoms with E-state index in [0.717, 1.165) is 16.3 Å². The third-order valence-electron chi connectivity index (χ3n) is 3.36. The van der Waals surface area contributed by atoms with Gasteiger partial charge in [0.05, 0.1) is 12.4 Å².